The fourth-order valence-electron chi connectivity index (χ4n) is 2.74. The number of hydrogen-bond donors (Lipinski definition) is 0. The van der Waals surface area contributed by atoms with E-state index in [1.54, 1.807) is 27.7 Å². The summed E-state index contributed by atoms with van der Waals surface area (Å²) in [7, 11) is 0. The van der Waals surface area contributed by atoms with Crippen molar-refractivity contribution in [2.45, 2.75) is 46.1 Å². The number of nitrogens with zero attached hydrogens (tertiary/aromatic N) is 1. The standard InChI is InChI=1S/C23H33NO6/c1-6-15-29-22(27)24(14-13-20(25)30-23(3,4)5)17-19(21(26)28-7-2)16-18-11-9-8-10-12-18/h6,8-12,19H,1,7,13-17H2,2-5H3. The van der Waals surface area contributed by atoms with Crippen molar-refractivity contribution in [2.75, 3.05) is 26.3 Å². The number of amides is 1. The van der Waals surface area contributed by atoms with Crippen LogP contribution in [0.5, 0.6) is 0 Å². The highest BCUT2D eigenvalue weighted by Crippen LogP contribution is 2.15. The highest BCUT2D eigenvalue weighted by atomic mass is 16.6. The zero-order valence-corrected chi connectivity index (χ0v) is 18.4. The SMILES string of the molecule is C=CCOC(=O)N(CCC(=O)OC(C)(C)C)CC(Cc1ccccc1)C(=O)OCC. The molecule has 0 fully saturated rings. The maximum absolute atomic E-state index is 12.5. The summed E-state index contributed by atoms with van der Waals surface area (Å²) >= 11 is 0. The van der Waals surface area contributed by atoms with Crippen LogP contribution in [0.4, 0.5) is 4.79 Å². The maximum Gasteiger partial charge on any atom is 0.410 e. The first-order valence-electron chi connectivity index (χ1n) is 10.1. The molecule has 0 spiro atoms. The van der Waals surface area contributed by atoms with Gasteiger partial charge in [-0.2, -0.15) is 0 Å². The van der Waals surface area contributed by atoms with Gasteiger partial charge in [0.2, 0.25) is 0 Å². The lowest BCUT2D eigenvalue weighted by Crippen LogP contribution is -2.41. The van der Waals surface area contributed by atoms with E-state index in [1.165, 1.54) is 11.0 Å². The molecule has 0 aliphatic rings. The molecule has 7 heteroatoms. The van der Waals surface area contributed by atoms with Crippen molar-refractivity contribution in [1.82, 2.24) is 4.90 Å². The Morgan fingerprint density at radius 1 is 1.13 bits per heavy atom. The first-order valence-corrected chi connectivity index (χ1v) is 10.1. The summed E-state index contributed by atoms with van der Waals surface area (Å²) in [4.78, 5) is 38.5. The van der Waals surface area contributed by atoms with Crippen molar-refractivity contribution < 1.29 is 28.6 Å². The van der Waals surface area contributed by atoms with Gasteiger partial charge in [-0.25, -0.2) is 4.79 Å². The summed E-state index contributed by atoms with van der Waals surface area (Å²) in [5, 5.41) is 0. The van der Waals surface area contributed by atoms with Gasteiger partial charge >= 0.3 is 18.0 Å². The Morgan fingerprint density at radius 2 is 1.80 bits per heavy atom. The number of hydrogen-bond acceptors (Lipinski definition) is 6. The third-order valence-corrected chi connectivity index (χ3v) is 3.97. The van der Waals surface area contributed by atoms with Crippen LogP contribution in [0.15, 0.2) is 43.0 Å². The molecule has 30 heavy (non-hydrogen) atoms. The fraction of sp³-hybridized carbons (Fsp3) is 0.522. The molecule has 1 amide bonds. The van der Waals surface area contributed by atoms with Crippen LogP contribution in [0, 0.1) is 5.92 Å². The predicted octanol–water partition coefficient (Wildman–Crippen LogP) is 3.76. The van der Waals surface area contributed by atoms with Gasteiger partial charge in [0.25, 0.3) is 0 Å². The summed E-state index contributed by atoms with van der Waals surface area (Å²) in [6, 6.07) is 9.48. The molecule has 7 nitrogen and oxygen atoms in total. The van der Waals surface area contributed by atoms with Gasteiger partial charge in [-0.3, -0.25) is 9.59 Å². The molecule has 1 aromatic carbocycles. The Kier molecular flexibility index (Phi) is 10.6. The molecule has 0 N–H and O–H groups in total. The molecule has 166 valence electrons. The molecular formula is C23H33NO6. The maximum atomic E-state index is 12.5. The topological polar surface area (TPSA) is 82.1 Å². The van der Waals surface area contributed by atoms with Gasteiger partial charge in [0.15, 0.2) is 0 Å². The average Bonchev–Trinajstić information content (AvgIpc) is 2.68. The summed E-state index contributed by atoms with van der Waals surface area (Å²) in [5.74, 6) is -1.43. The second-order valence-corrected chi connectivity index (χ2v) is 7.79. The summed E-state index contributed by atoms with van der Waals surface area (Å²) in [5.41, 5.74) is 0.327. The number of ether oxygens (including phenoxy) is 3. The van der Waals surface area contributed by atoms with Crippen LogP contribution in [0.1, 0.15) is 39.7 Å². The van der Waals surface area contributed by atoms with Crippen LogP contribution < -0.4 is 0 Å². The van der Waals surface area contributed by atoms with E-state index < -0.39 is 29.6 Å². The third-order valence-electron chi connectivity index (χ3n) is 3.97. The second-order valence-electron chi connectivity index (χ2n) is 7.79. The van der Waals surface area contributed by atoms with E-state index in [2.05, 4.69) is 6.58 Å². The van der Waals surface area contributed by atoms with Gasteiger partial charge in [0, 0.05) is 13.1 Å². The predicted molar refractivity (Wildman–Crippen MR) is 114 cm³/mol. The van der Waals surface area contributed by atoms with Crippen LogP contribution in [0.25, 0.3) is 0 Å². The van der Waals surface area contributed by atoms with E-state index in [4.69, 9.17) is 14.2 Å². The largest absolute Gasteiger partial charge is 0.466 e. The van der Waals surface area contributed by atoms with Crippen LogP contribution in [-0.4, -0.2) is 54.8 Å². The van der Waals surface area contributed by atoms with Gasteiger partial charge < -0.3 is 19.1 Å². The zero-order chi connectivity index (χ0) is 22.6. The lowest BCUT2D eigenvalue weighted by Gasteiger charge is -2.27. The molecule has 0 bridgehead atoms. The van der Waals surface area contributed by atoms with Gasteiger partial charge in [-0.15, -0.1) is 0 Å². The molecule has 1 rings (SSSR count). The second kappa shape index (κ2) is 12.7. The minimum atomic E-state index is -0.624. The minimum Gasteiger partial charge on any atom is -0.466 e. The number of benzene rings is 1. The van der Waals surface area contributed by atoms with Crippen molar-refractivity contribution in [3.05, 3.63) is 48.6 Å². The highest BCUT2D eigenvalue weighted by molar-refractivity contribution is 5.75. The Balaban J connectivity index is 2.93. The fourth-order valence-corrected chi connectivity index (χ4v) is 2.74. The zero-order valence-electron chi connectivity index (χ0n) is 18.4. The lowest BCUT2D eigenvalue weighted by molar-refractivity contribution is -0.155. The van der Waals surface area contributed by atoms with E-state index in [1.807, 2.05) is 30.3 Å². The van der Waals surface area contributed by atoms with E-state index >= 15 is 0 Å². The number of esters is 2. The van der Waals surface area contributed by atoms with Gasteiger partial charge in [0.05, 0.1) is 18.9 Å². The molecule has 0 heterocycles. The van der Waals surface area contributed by atoms with E-state index in [9.17, 15) is 14.4 Å². The first kappa shape index (κ1) is 25.2. The smallest absolute Gasteiger partial charge is 0.410 e. The Morgan fingerprint density at radius 3 is 2.37 bits per heavy atom. The van der Waals surface area contributed by atoms with Crippen LogP contribution >= 0.6 is 0 Å². The molecule has 1 unspecified atom stereocenters. The molecule has 0 aliphatic carbocycles. The first-order chi connectivity index (χ1) is 14.2. The van der Waals surface area contributed by atoms with Crippen LogP contribution in [-0.2, 0) is 30.2 Å². The lowest BCUT2D eigenvalue weighted by atomic mass is 9.98. The quantitative estimate of drug-likeness (QED) is 0.309. The summed E-state index contributed by atoms with van der Waals surface area (Å²) in [6.45, 7) is 11.0. The van der Waals surface area contributed by atoms with Gasteiger partial charge in [-0.1, -0.05) is 43.0 Å². The van der Waals surface area contributed by atoms with Gasteiger partial charge in [0.1, 0.15) is 12.2 Å². The summed E-state index contributed by atoms with van der Waals surface area (Å²) in [6.07, 6.45) is 1.22. The normalized spacial score (nSPS) is 11.9. The van der Waals surface area contributed by atoms with Crippen molar-refractivity contribution in [2.24, 2.45) is 5.92 Å². The van der Waals surface area contributed by atoms with Gasteiger partial charge in [-0.05, 0) is 39.7 Å². The molecular weight excluding hydrogens is 386 g/mol. The van der Waals surface area contributed by atoms with Crippen LogP contribution in [0.2, 0.25) is 0 Å². The van der Waals surface area contributed by atoms with E-state index in [0.717, 1.165) is 5.56 Å². The monoisotopic (exact) mass is 419 g/mol. The third kappa shape index (κ3) is 10.1. The average molecular weight is 420 g/mol. The molecule has 1 atom stereocenters. The molecule has 0 saturated carbocycles. The molecule has 0 aromatic heterocycles. The van der Waals surface area contributed by atoms with E-state index in [-0.39, 0.29) is 32.7 Å². The Bertz CT molecular complexity index is 695. The summed E-state index contributed by atoms with van der Waals surface area (Å²) < 4.78 is 15.7. The Hall–Kier alpha value is -2.83. The molecule has 1 aromatic rings. The number of rotatable bonds is 11. The van der Waals surface area contributed by atoms with E-state index in [0.29, 0.717) is 6.42 Å². The molecule has 0 aliphatic heterocycles. The van der Waals surface area contributed by atoms with Crippen molar-refractivity contribution in [3.8, 4) is 0 Å². The number of carbonyl (C=O) groups is 3. The van der Waals surface area contributed by atoms with Crippen LogP contribution in [0.3, 0.4) is 0 Å². The number of carbonyl (C=O) groups excluding carboxylic acids is 3. The molecule has 0 saturated heterocycles. The van der Waals surface area contributed by atoms with Crippen molar-refractivity contribution in [3.63, 3.8) is 0 Å². The van der Waals surface area contributed by atoms with Crippen molar-refractivity contribution >= 4 is 18.0 Å². The minimum absolute atomic E-state index is 0.0126. The highest BCUT2D eigenvalue weighted by Gasteiger charge is 2.28. The van der Waals surface area contributed by atoms with Crippen molar-refractivity contribution in [1.29, 1.82) is 0 Å². The Labute approximate surface area is 179 Å². The molecule has 0 radical (unpaired) electrons.